The van der Waals surface area contributed by atoms with E-state index in [4.69, 9.17) is 15.3 Å². The Balaban J connectivity index is 2.39. The molecule has 0 saturated heterocycles. The van der Waals surface area contributed by atoms with Crippen LogP contribution in [0.4, 0.5) is 0 Å². The third-order valence-electron chi connectivity index (χ3n) is 3.29. The molecular weight excluding hydrogens is 270 g/mol. The summed E-state index contributed by atoms with van der Waals surface area (Å²) in [4.78, 5) is 0. The van der Waals surface area contributed by atoms with Crippen molar-refractivity contribution in [3.05, 3.63) is 35.7 Å². The number of aryl methyl sites for hydroxylation is 1. The van der Waals surface area contributed by atoms with Gasteiger partial charge >= 0.3 is 0 Å². The Hall–Kier alpha value is -2.12. The second kappa shape index (κ2) is 7.05. The van der Waals surface area contributed by atoms with Gasteiger partial charge < -0.3 is 9.47 Å². The molecule has 7 heteroatoms. The van der Waals surface area contributed by atoms with Gasteiger partial charge in [0.1, 0.15) is 0 Å². The number of ether oxygens (including phenoxy) is 2. The van der Waals surface area contributed by atoms with Crippen LogP contribution < -0.4 is 20.7 Å². The van der Waals surface area contributed by atoms with Crippen molar-refractivity contribution in [3.63, 3.8) is 0 Å². The molecule has 0 amide bonds. The van der Waals surface area contributed by atoms with E-state index in [2.05, 4.69) is 22.7 Å². The fraction of sp³-hybridized carbons (Fsp3) is 0.429. The Morgan fingerprint density at radius 2 is 2.05 bits per heavy atom. The second-order valence-electron chi connectivity index (χ2n) is 4.60. The topological polar surface area (TPSA) is 87.2 Å². The van der Waals surface area contributed by atoms with Crippen LogP contribution in [0.15, 0.2) is 24.4 Å². The Kier molecular flexibility index (Phi) is 5.13. The number of rotatable bonds is 7. The van der Waals surface area contributed by atoms with Gasteiger partial charge in [-0.05, 0) is 24.1 Å². The van der Waals surface area contributed by atoms with Crippen molar-refractivity contribution in [3.8, 4) is 11.5 Å². The maximum Gasteiger partial charge on any atom is 0.161 e. The molecule has 2 aromatic rings. The number of nitrogens with zero attached hydrogens (tertiary/aromatic N) is 3. The summed E-state index contributed by atoms with van der Waals surface area (Å²) in [7, 11) is 3.21. The van der Waals surface area contributed by atoms with Gasteiger partial charge in [-0.1, -0.05) is 18.2 Å². The largest absolute Gasteiger partial charge is 0.493 e. The lowest BCUT2D eigenvalue weighted by Crippen LogP contribution is -2.30. The van der Waals surface area contributed by atoms with Gasteiger partial charge in [0.2, 0.25) is 0 Å². The monoisotopic (exact) mass is 291 g/mol. The predicted molar refractivity (Wildman–Crippen MR) is 79.0 cm³/mol. The molecule has 0 fully saturated rings. The van der Waals surface area contributed by atoms with Crippen LogP contribution in [0, 0.1) is 0 Å². The molecule has 0 radical (unpaired) electrons. The van der Waals surface area contributed by atoms with Crippen molar-refractivity contribution in [2.45, 2.75) is 25.9 Å². The van der Waals surface area contributed by atoms with Gasteiger partial charge in [0.15, 0.2) is 11.5 Å². The van der Waals surface area contributed by atoms with Crippen LogP contribution in [-0.4, -0.2) is 29.2 Å². The van der Waals surface area contributed by atoms with E-state index < -0.39 is 0 Å². The van der Waals surface area contributed by atoms with Crippen LogP contribution in [0.25, 0.3) is 0 Å². The summed E-state index contributed by atoms with van der Waals surface area (Å²) in [5, 5.41) is 8.06. The quantitative estimate of drug-likeness (QED) is 0.590. The van der Waals surface area contributed by atoms with Gasteiger partial charge in [0.25, 0.3) is 0 Å². The van der Waals surface area contributed by atoms with E-state index in [9.17, 15) is 0 Å². The molecule has 1 unspecified atom stereocenters. The highest BCUT2D eigenvalue weighted by Crippen LogP contribution is 2.31. The molecule has 1 heterocycles. The van der Waals surface area contributed by atoms with E-state index in [-0.39, 0.29) is 6.04 Å². The Bertz CT molecular complexity index is 584. The fourth-order valence-electron chi connectivity index (χ4n) is 2.26. The van der Waals surface area contributed by atoms with Crippen molar-refractivity contribution < 1.29 is 9.47 Å². The molecule has 0 aliphatic carbocycles. The SMILES string of the molecule is CCCn1nncc1C(NN)c1ccc(OC)c(OC)c1. The molecule has 0 saturated carbocycles. The van der Waals surface area contributed by atoms with Crippen LogP contribution in [0.5, 0.6) is 11.5 Å². The number of aromatic nitrogens is 3. The molecule has 0 bridgehead atoms. The molecule has 21 heavy (non-hydrogen) atoms. The number of hydrogen-bond acceptors (Lipinski definition) is 6. The first-order valence-electron chi connectivity index (χ1n) is 6.81. The van der Waals surface area contributed by atoms with E-state index in [0.29, 0.717) is 11.5 Å². The van der Waals surface area contributed by atoms with E-state index in [1.54, 1.807) is 20.4 Å². The lowest BCUT2D eigenvalue weighted by atomic mass is 10.0. The van der Waals surface area contributed by atoms with Crippen molar-refractivity contribution in [1.29, 1.82) is 0 Å². The van der Waals surface area contributed by atoms with Gasteiger partial charge in [-0.25, -0.2) is 10.1 Å². The van der Waals surface area contributed by atoms with Crippen molar-refractivity contribution in [1.82, 2.24) is 20.4 Å². The molecule has 1 aromatic heterocycles. The standard InChI is InChI=1S/C14H21N5O2/c1-4-7-19-11(9-16-18-19)14(17-15)10-5-6-12(20-2)13(8-10)21-3/h5-6,8-9,14,17H,4,7,15H2,1-3H3. The Labute approximate surface area is 124 Å². The molecule has 1 atom stereocenters. The van der Waals surface area contributed by atoms with Gasteiger partial charge in [-0.15, -0.1) is 5.10 Å². The number of benzene rings is 1. The van der Waals surface area contributed by atoms with Crippen LogP contribution >= 0.6 is 0 Å². The smallest absolute Gasteiger partial charge is 0.161 e. The molecule has 0 aliphatic heterocycles. The average Bonchev–Trinajstić information content (AvgIpc) is 2.96. The van der Waals surface area contributed by atoms with Crippen LogP contribution in [0.2, 0.25) is 0 Å². The molecule has 7 nitrogen and oxygen atoms in total. The zero-order valence-corrected chi connectivity index (χ0v) is 12.5. The highest BCUT2D eigenvalue weighted by atomic mass is 16.5. The lowest BCUT2D eigenvalue weighted by Gasteiger charge is -2.18. The van der Waals surface area contributed by atoms with E-state index in [1.807, 2.05) is 22.9 Å². The third-order valence-corrected chi connectivity index (χ3v) is 3.29. The molecular formula is C14H21N5O2. The predicted octanol–water partition coefficient (Wildman–Crippen LogP) is 1.26. The molecule has 1 aromatic carbocycles. The number of hydrogen-bond donors (Lipinski definition) is 2. The Morgan fingerprint density at radius 3 is 2.67 bits per heavy atom. The maximum absolute atomic E-state index is 5.73. The summed E-state index contributed by atoms with van der Waals surface area (Å²) in [6, 6.07) is 5.47. The summed E-state index contributed by atoms with van der Waals surface area (Å²) in [6.07, 6.45) is 2.69. The zero-order valence-electron chi connectivity index (χ0n) is 12.5. The summed E-state index contributed by atoms with van der Waals surface area (Å²) in [5.41, 5.74) is 4.67. The lowest BCUT2D eigenvalue weighted by molar-refractivity contribution is 0.354. The summed E-state index contributed by atoms with van der Waals surface area (Å²) < 4.78 is 12.4. The van der Waals surface area contributed by atoms with E-state index in [0.717, 1.165) is 24.2 Å². The minimum atomic E-state index is -0.216. The average molecular weight is 291 g/mol. The van der Waals surface area contributed by atoms with Crippen LogP contribution in [0.3, 0.4) is 0 Å². The van der Waals surface area contributed by atoms with Crippen molar-refractivity contribution >= 4 is 0 Å². The second-order valence-corrected chi connectivity index (χ2v) is 4.60. The molecule has 0 spiro atoms. The van der Waals surface area contributed by atoms with E-state index >= 15 is 0 Å². The normalized spacial score (nSPS) is 12.2. The first kappa shape index (κ1) is 15.3. The number of nitrogens with two attached hydrogens (primary N) is 1. The molecule has 0 aliphatic rings. The zero-order chi connectivity index (χ0) is 15.2. The summed E-state index contributed by atoms with van der Waals surface area (Å²) in [6.45, 7) is 2.88. The van der Waals surface area contributed by atoms with Crippen LogP contribution in [0.1, 0.15) is 30.6 Å². The van der Waals surface area contributed by atoms with Crippen molar-refractivity contribution in [2.24, 2.45) is 5.84 Å². The Morgan fingerprint density at radius 1 is 1.29 bits per heavy atom. The third kappa shape index (κ3) is 3.14. The summed E-state index contributed by atoms with van der Waals surface area (Å²) in [5.74, 6) is 7.07. The highest BCUT2D eigenvalue weighted by Gasteiger charge is 2.19. The molecule has 114 valence electrons. The van der Waals surface area contributed by atoms with Crippen LogP contribution in [-0.2, 0) is 6.54 Å². The van der Waals surface area contributed by atoms with Gasteiger partial charge in [-0.2, -0.15) is 0 Å². The first-order valence-corrected chi connectivity index (χ1v) is 6.81. The minimum Gasteiger partial charge on any atom is -0.493 e. The fourth-order valence-corrected chi connectivity index (χ4v) is 2.26. The van der Waals surface area contributed by atoms with Gasteiger partial charge in [0.05, 0.1) is 32.2 Å². The van der Waals surface area contributed by atoms with Crippen molar-refractivity contribution in [2.75, 3.05) is 14.2 Å². The first-order chi connectivity index (χ1) is 10.2. The molecule has 2 rings (SSSR count). The number of hydrazine groups is 1. The van der Waals surface area contributed by atoms with Gasteiger partial charge in [0, 0.05) is 6.54 Å². The number of methoxy groups -OCH3 is 2. The highest BCUT2D eigenvalue weighted by molar-refractivity contribution is 5.45. The maximum atomic E-state index is 5.73. The minimum absolute atomic E-state index is 0.216. The van der Waals surface area contributed by atoms with E-state index in [1.165, 1.54) is 0 Å². The van der Waals surface area contributed by atoms with Gasteiger partial charge in [-0.3, -0.25) is 5.84 Å². The molecule has 3 N–H and O–H groups in total. The summed E-state index contributed by atoms with van der Waals surface area (Å²) >= 11 is 0. The number of nitrogens with one attached hydrogen (secondary N) is 1.